The van der Waals surface area contributed by atoms with E-state index in [-0.39, 0.29) is 24.0 Å². The summed E-state index contributed by atoms with van der Waals surface area (Å²) in [5, 5.41) is 0. The molecule has 3 rings (SSSR count). The molecule has 0 spiro atoms. The lowest BCUT2D eigenvalue weighted by molar-refractivity contribution is 0.0679. The molecule has 28 heavy (non-hydrogen) atoms. The largest absolute Gasteiger partial charge is 0.494 e. The highest BCUT2D eigenvalue weighted by atomic mass is 32.2. The Kier molecular flexibility index (Phi) is 6.34. The molecule has 0 saturated carbocycles. The van der Waals surface area contributed by atoms with Crippen molar-refractivity contribution in [1.29, 1.82) is 0 Å². The first-order chi connectivity index (χ1) is 13.4. The Morgan fingerprint density at radius 3 is 2.50 bits per heavy atom. The van der Waals surface area contributed by atoms with Crippen LogP contribution in [0.4, 0.5) is 4.39 Å². The zero-order valence-electron chi connectivity index (χ0n) is 15.8. The van der Waals surface area contributed by atoms with Gasteiger partial charge >= 0.3 is 0 Å². The number of carbonyl (C=O) groups is 1. The van der Waals surface area contributed by atoms with Gasteiger partial charge in [0.2, 0.25) is 0 Å². The van der Waals surface area contributed by atoms with Crippen molar-refractivity contribution >= 4 is 15.7 Å². The summed E-state index contributed by atoms with van der Waals surface area (Å²) in [7, 11) is -3.18. The Morgan fingerprint density at radius 1 is 1.18 bits per heavy atom. The third-order valence-electron chi connectivity index (χ3n) is 4.78. The topological polar surface area (TPSA) is 63.7 Å². The van der Waals surface area contributed by atoms with E-state index in [4.69, 9.17) is 4.74 Å². The molecule has 1 fully saturated rings. The van der Waals surface area contributed by atoms with E-state index in [1.165, 1.54) is 11.0 Å². The number of halogens is 1. The maximum atomic E-state index is 14.2. The van der Waals surface area contributed by atoms with Crippen molar-refractivity contribution in [2.24, 2.45) is 0 Å². The van der Waals surface area contributed by atoms with Crippen LogP contribution in [0.5, 0.6) is 5.75 Å². The molecule has 0 aliphatic carbocycles. The molecular weight excluding hydrogens is 381 g/mol. The van der Waals surface area contributed by atoms with Crippen LogP contribution >= 0.6 is 0 Å². The fraction of sp³-hybridized carbons (Fsp3) is 0.381. The van der Waals surface area contributed by atoms with Crippen molar-refractivity contribution in [1.82, 2.24) is 4.90 Å². The molecular formula is C21H24FNO4S. The molecule has 1 atom stereocenters. The monoisotopic (exact) mass is 405 g/mol. The maximum absolute atomic E-state index is 14.2. The van der Waals surface area contributed by atoms with Gasteiger partial charge in [-0.05, 0) is 43.2 Å². The van der Waals surface area contributed by atoms with E-state index in [1.54, 1.807) is 42.5 Å². The smallest absolute Gasteiger partial charge is 0.254 e. The Morgan fingerprint density at radius 2 is 1.89 bits per heavy atom. The average molecular weight is 405 g/mol. The minimum atomic E-state index is -3.18. The van der Waals surface area contributed by atoms with E-state index in [2.05, 4.69) is 0 Å². The minimum Gasteiger partial charge on any atom is -0.494 e. The van der Waals surface area contributed by atoms with Crippen molar-refractivity contribution in [2.75, 3.05) is 18.1 Å². The van der Waals surface area contributed by atoms with Gasteiger partial charge in [-0.3, -0.25) is 4.79 Å². The van der Waals surface area contributed by atoms with Crippen LogP contribution < -0.4 is 4.74 Å². The van der Waals surface area contributed by atoms with Crippen molar-refractivity contribution in [2.45, 2.75) is 32.4 Å². The van der Waals surface area contributed by atoms with Gasteiger partial charge in [0.1, 0.15) is 11.6 Å². The first-order valence-corrected chi connectivity index (χ1v) is 11.2. The summed E-state index contributed by atoms with van der Waals surface area (Å²) in [5.41, 5.74) is 0.785. The SMILES string of the molecule is CCCOc1ccc(C(=O)N(Cc2ccccc2F)[C@@H]2CCS(=O)(=O)C2)cc1. The van der Waals surface area contributed by atoms with E-state index < -0.39 is 21.7 Å². The average Bonchev–Trinajstić information content (AvgIpc) is 3.05. The van der Waals surface area contributed by atoms with Crippen molar-refractivity contribution in [3.05, 3.63) is 65.5 Å². The van der Waals surface area contributed by atoms with E-state index >= 15 is 0 Å². The van der Waals surface area contributed by atoms with E-state index in [0.717, 1.165) is 6.42 Å². The third-order valence-corrected chi connectivity index (χ3v) is 6.53. The number of ether oxygens (including phenoxy) is 1. The van der Waals surface area contributed by atoms with Crippen LogP contribution in [-0.4, -0.2) is 43.4 Å². The van der Waals surface area contributed by atoms with E-state index in [9.17, 15) is 17.6 Å². The Labute approximate surface area is 165 Å². The highest BCUT2D eigenvalue weighted by Gasteiger charge is 2.35. The molecule has 7 heteroatoms. The zero-order chi connectivity index (χ0) is 20.1. The standard InChI is InChI=1S/C21H24FNO4S/c1-2-12-27-19-9-7-16(8-10-19)21(24)23(18-11-13-28(25,26)15-18)14-17-5-3-4-6-20(17)22/h3-10,18H,2,11-15H2,1H3/t18-/m1/s1. The van der Waals surface area contributed by atoms with Gasteiger partial charge in [0.05, 0.1) is 18.1 Å². The summed E-state index contributed by atoms with van der Waals surface area (Å²) in [6.45, 7) is 2.63. The number of hydrogen-bond donors (Lipinski definition) is 0. The lowest BCUT2D eigenvalue weighted by atomic mass is 10.1. The quantitative estimate of drug-likeness (QED) is 0.708. The van der Waals surface area contributed by atoms with Crippen molar-refractivity contribution < 1.29 is 22.3 Å². The number of hydrogen-bond acceptors (Lipinski definition) is 4. The number of benzene rings is 2. The minimum absolute atomic E-state index is 0.0276. The zero-order valence-corrected chi connectivity index (χ0v) is 16.6. The normalized spacial score (nSPS) is 18.0. The summed E-state index contributed by atoms with van der Waals surface area (Å²) in [5.74, 6) is -0.104. The summed E-state index contributed by atoms with van der Waals surface area (Å²) < 4.78 is 43.6. The second kappa shape index (κ2) is 8.73. The van der Waals surface area contributed by atoms with Crippen LogP contribution in [0.25, 0.3) is 0 Å². The first kappa shape index (κ1) is 20.3. The number of amides is 1. The number of rotatable bonds is 7. The van der Waals surface area contributed by atoms with Gasteiger partial charge in [-0.2, -0.15) is 0 Å². The van der Waals surface area contributed by atoms with Gasteiger partial charge in [0, 0.05) is 23.7 Å². The van der Waals surface area contributed by atoms with E-state index in [0.29, 0.717) is 29.9 Å². The predicted molar refractivity (Wildman–Crippen MR) is 106 cm³/mol. The maximum Gasteiger partial charge on any atom is 0.254 e. The summed E-state index contributed by atoms with van der Waals surface area (Å²) >= 11 is 0. The van der Waals surface area contributed by atoms with Gasteiger partial charge in [0.25, 0.3) is 5.91 Å². The molecule has 0 radical (unpaired) electrons. The van der Waals surface area contributed by atoms with Gasteiger partial charge in [0.15, 0.2) is 9.84 Å². The van der Waals surface area contributed by atoms with Gasteiger partial charge < -0.3 is 9.64 Å². The summed E-state index contributed by atoms with van der Waals surface area (Å²) in [6, 6.07) is 12.5. The first-order valence-electron chi connectivity index (χ1n) is 9.37. The predicted octanol–water partition coefficient (Wildman–Crippen LogP) is 3.44. The number of carbonyl (C=O) groups excluding carboxylic acids is 1. The molecule has 1 heterocycles. The van der Waals surface area contributed by atoms with Crippen LogP contribution in [-0.2, 0) is 16.4 Å². The molecule has 2 aromatic rings. The fourth-order valence-electron chi connectivity index (χ4n) is 3.28. The Balaban J connectivity index is 1.85. The molecule has 1 aliphatic heterocycles. The lowest BCUT2D eigenvalue weighted by Crippen LogP contribution is -2.40. The van der Waals surface area contributed by atoms with Crippen LogP contribution in [0.15, 0.2) is 48.5 Å². The van der Waals surface area contributed by atoms with Crippen LogP contribution in [0, 0.1) is 5.82 Å². The second-order valence-electron chi connectivity index (χ2n) is 6.95. The molecule has 1 aliphatic rings. The van der Waals surface area contributed by atoms with Gasteiger partial charge in [-0.15, -0.1) is 0 Å². The van der Waals surface area contributed by atoms with Gasteiger partial charge in [-0.25, -0.2) is 12.8 Å². The highest BCUT2D eigenvalue weighted by molar-refractivity contribution is 7.91. The van der Waals surface area contributed by atoms with Gasteiger partial charge in [-0.1, -0.05) is 25.1 Å². The third kappa shape index (κ3) is 4.90. The Hall–Kier alpha value is -2.41. The fourth-order valence-corrected chi connectivity index (χ4v) is 5.01. The molecule has 0 aromatic heterocycles. The highest BCUT2D eigenvalue weighted by Crippen LogP contribution is 2.24. The molecule has 150 valence electrons. The number of nitrogens with zero attached hydrogens (tertiary/aromatic N) is 1. The molecule has 1 saturated heterocycles. The molecule has 5 nitrogen and oxygen atoms in total. The molecule has 2 aromatic carbocycles. The Bertz CT molecular complexity index is 928. The number of sulfone groups is 1. The molecule has 0 unspecified atom stereocenters. The lowest BCUT2D eigenvalue weighted by Gasteiger charge is -2.28. The molecule has 1 amide bonds. The van der Waals surface area contributed by atoms with Crippen LogP contribution in [0.3, 0.4) is 0 Å². The summed E-state index contributed by atoms with van der Waals surface area (Å²) in [4.78, 5) is 14.6. The second-order valence-corrected chi connectivity index (χ2v) is 9.18. The van der Waals surface area contributed by atoms with Crippen molar-refractivity contribution in [3.8, 4) is 5.75 Å². The summed E-state index contributed by atoms with van der Waals surface area (Å²) in [6.07, 6.45) is 1.24. The van der Waals surface area contributed by atoms with E-state index in [1.807, 2.05) is 6.92 Å². The van der Waals surface area contributed by atoms with Crippen LogP contribution in [0.1, 0.15) is 35.7 Å². The molecule has 0 bridgehead atoms. The molecule has 0 N–H and O–H groups in total. The van der Waals surface area contributed by atoms with Crippen molar-refractivity contribution in [3.63, 3.8) is 0 Å². The van der Waals surface area contributed by atoms with Crippen LogP contribution in [0.2, 0.25) is 0 Å².